The van der Waals surface area contributed by atoms with Gasteiger partial charge in [0.1, 0.15) is 17.8 Å². The van der Waals surface area contributed by atoms with Crippen LogP contribution in [0.1, 0.15) is 32.1 Å². The molecule has 0 aromatic carbocycles. The van der Waals surface area contributed by atoms with Gasteiger partial charge in [-0.2, -0.15) is 0 Å². The van der Waals surface area contributed by atoms with E-state index < -0.39 is 53.3 Å². The zero-order valence-corrected chi connectivity index (χ0v) is 17.8. The number of thioether (sulfide) groups is 1. The maximum Gasteiger partial charge on any atom is 0.322 e. The highest BCUT2D eigenvalue weighted by molar-refractivity contribution is 8.01. The number of rotatable bonds is 13. The Balaban J connectivity index is 2.60. The van der Waals surface area contributed by atoms with Crippen LogP contribution in [0.5, 0.6) is 0 Å². The van der Waals surface area contributed by atoms with E-state index in [1.807, 2.05) is 0 Å². The topological polar surface area (TPSA) is 196 Å². The number of likely N-dealkylation sites (tertiary alicyclic amines) is 1. The van der Waals surface area contributed by atoms with E-state index in [0.717, 1.165) is 31.0 Å². The molecule has 31 heavy (non-hydrogen) atoms. The number of aliphatic carboxylic acids is 2. The quantitative estimate of drug-likeness (QED) is 0.195. The number of Topliss-reactive ketones (excluding diaryl/α,β-unsaturated/α-hetero) is 1. The van der Waals surface area contributed by atoms with Gasteiger partial charge in [-0.25, -0.2) is 0 Å². The zero-order valence-electron chi connectivity index (χ0n) is 17.0. The maximum absolute atomic E-state index is 12.2. The van der Waals surface area contributed by atoms with Crippen molar-refractivity contribution in [2.75, 3.05) is 31.9 Å². The molecule has 1 saturated heterocycles. The molecule has 1 rings (SSSR count). The normalized spacial score (nSPS) is 15.5. The highest BCUT2D eigenvalue weighted by Crippen LogP contribution is 2.14. The molecule has 3 amide bonds. The monoisotopic (exact) mass is 460 g/mol. The molecule has 174 valence electrons. The van der Waals surface area contributed by atoms with Crippen molar-refractivity contribution in [2.45, 2.75) is 43.4 Å². The van der Waals surface area contributed by atoms with Gasteiger partial charge in [-0.1, -0.05) is 0 Å². The lowest BCUT2D eigenvalue weighted by molar-refractivity contribution is -0.144. The van der Waals surface area contributed by atoms with Crippen LogP contribution in [-0.2, 0) is 28.8 Å². The molecule has 13 heteroatoms. The summed E-state index contributed by atoms with van der Waals surface area (Å²) in [7, 11) is 0. The fraction of sp³-hybridized carbons (Fsp3) is 0.667. The number of amides is 3. The predicted octanol–water partition coefficient (Wildman–Crippen LogP) is -1.82. The smallest absolute Gasteiger partial charge is 0.322 e. The lowest BCUT2D eigenvalue weighted by atomic mass is 10.1. The summed E-state index contributed by atoms with van der Waals surface area (Å²) in [5.74, 6) is -5.38. The van der Waals surface area contributed by atoms with Crippen LogP contribution in [0.3, 0.4) is 0 Å². The molecule has 1 fully saturated rings. The Morgan fingerprint density at radius 3 is 2.23 bits per heavy atom. The van der Waals surface area contributed by atoms with Crippen molar-refractivity contribution in [1.82, 2.24) is 15.5 Å². The largest absolute Gasteiger partial charge is 0.480 e. The van der Waals surface area contributed by atoms with E-state index in [4.69, 9.17) is 15.9 Å². The molecule has 0 radical (unpaired) electrons. The van der Waals surface area contributed by atoms with Crippen LogP contribution in [0.4, 0.5) is 0 Å². The Morgan fingerprint density at radius 1 is 1.00 bits per heavy atom. The number of hydrogen-bond acceptors (Lipinski definition) is 8. The van der Waals surface area contributed by atoms with Gasteiger partial charge in [-0.05, 0) is 25.7 Å². The molecular formula is C18H28N4O8S. The van der Waals surface area contributed by atoms with Gasteiger partial charge in [-0.3, -0.25) is 28.8 Å². The van der Waals surface area contributed by atoms with Crippen LogP contribution in [0.15, 0.2) is 0 Å². The van der Waals surface area contributed by atoms with Gasteiger partial charge in [0.05, 0.1) is 5.75 Å². The SMILES string of the molecule is NC(CCC(=O)NCC(SCC(=O)C(=O)N1CCCCC1)C(=O)NCC(=O)O)C(=O)O. The summed E-state index contributed by atoms with van der Waals surface area (Å²) in [5, 5.41) is 21.0. The first-order valence-electron chi connectivity index (χ1n) is 9.80. The molecule has 2 unspecified atom stereocenters. The molecule has 0 aromatic heterocycles. The third-order valence-electron chi connectivity index (χ3n) is 4.49. The van der Waals surface area contributed by atoms with Gasteiger partial charge >= 0.3 is 11.9 Å². The van der Waals surface area contributed by atoms with Crippen LogP contribution >= 0.6 is 11.8 Å². The Morgan fingerprint density at radius 2 is 1.65 bits per heavy atom. The van der Waals surface area contributed by atoms with Crippen molar-refractivity contribution >= 4 is 47.2 Å². The third-order valence-corrected chi connectivity index (χ3v) is 5.70. The number of ketones is 1. The van der Waals surface area contributed by atoms with Crippen LogP contribution in [0, 0.1) is 0 Å². The average molecular weight is 461 g/mol. The number of piperidine rings is 1. The van der Waals surface area contributed by atoms with Crippen LogP contribution in [0.25, 0.3) is 0 Å². The minimum atomic E-state index is -1.26. The molecule has 1 aliphatic heterocycles. The van der Waals surface area contributed by atoms with Gasteiger partial charge in [0.25, 0.3) is 5.91 Å². The molecule has 0 aliphatic carbocycles. The van der Waals surface area contributed by atoms with E-state index in [2.05, 4.69) is 10.6 Å². The lowest BCUT2D eigenvalue weighted by Gasteiger charge is -2.26. The first-order chi connectivity index (χ1) is 14.6. The number of nitrogens with zero attached hydrogens (tertiary/aromatic N) is 1. The number of hydrogen-bond donors (Lipinski definition) is 5. The first-order valence-corrected chi connectivity index (χ1v) is 10.8. The molecule has 0 spiro atoms. The standard InChI is InChI=1S/C18H28N4O8S/c19-11(18(29)30)4-5-14(24)20-8-13(16(27)21-9-15(25)26)31-10-12(23)17(28)22-6-2-1-3-7-22/h11,13H,1-10,19H2,(H,20,24)(H,21,27)(H,25,26)(H,29,30). The molecule has 2 atom stereocenters. The highest BCUT2D eigenvalue weighted by atomic mass is 32.2. The van der Waals surface area contributed by atoms with E-state index in [9.17, 15) is 28.8 Å². The second-order valence-electron chi connectivity index (χ2n) is 6.97. The number of nitrogens with two attached hydrogens (primary N) is 1. The molecule has 0 bridgehead atoms. The Kier molecular flexibility index (Phi) is 11.6. The van der Waals surface area contributed by atoms with Crippen LogP contribution < -0.4 is 16.4 Å². The summed E-state index contributed by atoms with van der Waals surface area (Å²) in [6, 6.07) is -1.20. The molecule has 0 aromatic rings. The number of carboxylic acids is 2. The highest BCUT2D eigenvalue weighted by Gasteiger charge is 2.27. The maximum atomic E-state index is 12.2. The van der Waals surface area contributed by atoms with Crippen molar-refractivity contribution in [3.05, 3.63) is 0 Å². The van der Waals surface area contributed by atoms with E-state index in [-0.39, 0.29) is 25.1 Å². The Hall–Kier alpha value is -2.67. The van der Waals surface area contributed by atoms with Gasteiger partial charge in [0, 0.05) is 26.1 Å². The van der Waals surface area contributed by atoms with Crippen molar-refractivity contribution in [1.29, 1.82) is 0 Å². The van der Waals surface area contributed by atoms with Crippen LogP contribution in [0.2, 0.25) is 0 Å². The summed E-state index contributed by atoms with van der Waals surface area (Å²) in [5.41, 5.74) is 5.33. The van der Waals surface area contributed by atoms with E-state index in [1.54, 1.807) is 0 Å². The average Bonchev–Trinajstić information content (AvgIpc) is 2.75. The summed E-state index contributed by atoms with van der Waals surface area (Å²) in [6.07, 6.45) is 2.35. The molecule has 0 saturated carbocycles. The van der Waals surface area contributed by atoms with Gasteiger partial charge in [-0.15, -0.1) is 11.8 Å². The molecule has 1 heterocycles. The molecular weight excluding hydrogens is 432 g/mol. The van der Waals surface area contributed by atoms with Gasteiger partial charge in [0.2, 0.25) is 17.6 Å². The minimum absolute atomic E-state index is 0.104. The van der Waals surface area contributed by atoms with Crippen molar-refractivity contribution in [3.63, 3.8) is 0 Å². The molecule has 1 aliphatic rings. The second kappa shape index (κ2) is 13.6. The van der Waals surface area contributed by atoms with Crippen molar-refractivity contribution < 1.29 is 39.0 Å². The molecule has 6 N–H and O–H groups in total. The zero-order chi connectivity index (χ0) is 23.4. The third kappa shape index (κ3) is 10.3. The summed E-state index contributed by atoms with van der Waals surface area (Å²) >= 11 is 0.817. The summed E-state index contributed by atoms with van der Waals surface area (Å²) < 4.78 is 0. The predicted molar refractivity (Wildman–Crippen MR) is 110 cm³/mol. The number of carbonyl (C=O) groups is 6. The second-order valence-corrected chi connectivity index (χ2v) is 8.17. The van der Waals surface area contributed by atoms with Crippen molar-refractivity contribution in [2.24, 2.45) is 5.73 Å². The fourth-order valence-corrected chi connectivity index (χ4v) is 3.63. The van der Waals surface area contributed by atoms with Crippen molar-refractivity contribution in [3.8, 4) is 0 Å². The van der Waals surface area contributed by atoms with Crippen LogP contribution in [-0.4, -0.2) is 93.8 Å². The van der Waals surface area contributed by atoms with E-state index in [1.165, 1.54) is 4.90 Å². The number of nitrogens with one attached hydrogen (secondary N) is 2. The number of carbonyl (C=O) groups excluding carboxylic acids is 4. The van der Waals surface area contributed by atoms with E-state index in [0.29, 0.717) is 13.1 Å². The number of carboxylic acid groups (broad SMARTS) is 2. The lowest BCUT2D eigenvalue weighted by Crippen LogP contribution is -2.44. The summed E-state index contributed by atoms with van der Waals surface area (Å²) in [4.78, 5) is 71.4. The summed E-state index contributed by atoms with van der Waals surface area (Å²) in [6.45, 7) is 0.138. The van der Waals surface area contributed by atoms with Gasteiger partial charge < -0.3 is 31.5 Å². The minimum Gasteiger partial charge on any atom is -0.480 e. The Labute approximate surface area is 183 Å². The first kappa shape index (κ1) is 26.4. The Bertz CT molecular complexity index is 696. The fourth-order valence-electron chi connectivity index (χ4n) is 2.72. The molecule has 12 nitrogen and oxygen atoms in total. The van der Waals surface area contributed by atoms with Gasteiger partial charge in [0.15, 0.2) is 0 Å². The van der Waals surface area contributed by atoms with E-state index >= 15 is 0 Å².